The molecule has 3 aromatic rings. The molecule has 0 bridgehead atoms. The molecule has 1 aliphatic heterocycles. The monoisotopic (exact) mass is 671 g/mol. The predicted octanol–water partition coefficient (Wildman–Crippen LogP) is 2.53. The molecular formula is C37H45N5O7. The Hall–Kier alpha value is -5.07. The van der Waals surface area contributed by atoms with Crippen molar-refractivity contribution in [3.05, 3.63) is 108 Å². The Morgan fingerprint density at radius 3 is 2.00 bits per heavy atom. The van der Waals surface area contributed by atoms with Crippen molar-refractivity contribution >= 4 is 29.6 Å². The van der Waals surface area contributed by atoms with Crippen LogP contribution in [-0.2, 0) is 36.9 Å². The quantitative estimate of drug-likeness (QED) is 0.171. The number of carbonyl (C=O) groups is 5. The van der Waals surface area contributed by atoms with Crippen molar-refractivity contribution in [2.75, 3.05) is 6.54 Å². The molecule has 260 valence electrons. The van der Waals surface area contributed by atoms with Crippen LogP contribution in [0.15, 0.2) is 91.0 Å². The number of likely N-dealkylation sites (tertiary alicyclic amines) is 1. The van der Waals surface area contributed by atoms with E-state index in [1.165, 1.54) is 4.90 Å². The van der Waals surface area contributed by atoms with Gasteiger partial charge in [0.2, 0.25) is 17.5 Å². The zero-order valence-electron chi connectivity index (χ0n) is 28.0. The van der Waals surface area contributed by atoms with Gasteiger partial charge in [-0.05, 0) is 50.3 Å². The standard InChI is InChI=1S/C37H45N5O7/c1-36(2,3)41-33(45)31-27(26-17-11-6-12-18-26)19-20-42(31)34(46)37(39,48)28(21-24-13-7-4-8-14-24)32(44)29(22-30(38)43)40-35(47)49-23-25-15-9-5-10-16-25/h4-18,27-29,31,48H,19-23,39H2,1-3H3,(H2,38,43)(H,40,47)(H,41,45)/t27-,28+,29-,31-,37?/m0/s1. The van der Waals surface area contributed by atoms with E-state index in [1.807, 2.05) is 51.1 Å². The molecule has 0 aliphatic carbocycles. The van der Waals surface area contributed by atoms with Gasteiger partial charge in [0.15, 0.2) is 5.78 Å². The maximum Gasteiger partial charge on any atom is 0.408 e. The fourth-order valence-electron chi connectivity index (χ4n) is 6.11. The number of amides is 4. The van der Waals surface area contributed by atoms with Gasteiger partial charge in [-0.2, -0.15) is 0 Å². The first kappa shape index (κ1) is 36.8. The van der Waals surface area contributed by atoms with E-state index in [2.05, 4.69) is 10.6 Å². The number of hydrogen-bond acceptors (Lipinski definition) is 8. The third-order valence-electron chi connectivity index (χ3n) is 8.41. The lowest BCUT2D eigenvalue weighted by Crippen LogP contribution is -2.66. The summed E-state index contributed by atoms with van der Waals surface area (Å²) < 4.78 is 5.27. The molecular weight excluding hydrogens is 626 g/mol. The maximum atomic E-state index is 14.4. The lowest BCUT2D eigenvalue weighted by Gasteiger charge is -2.38. The van der Waals surface area contributed by atoms with Crippen LogP contribution in [0.4, 0.5) is 4.79 Å². The highest BCUT2D eigenvalue weighted by atomic mass is 16.5. The van der Waals surface area contributed by atoms with Gasteiger partial charge in [0.25, 0.3) is 5.91 Å². The van der Waals surface area contributed by atoms with Gasteiger partial charge >= 0.3 is 6.09 Å². The highest BCUT2D eigenvalue weighted by Gasteiger charge is 2.53. The molecule has 1 heterocycles. The van der Waals surface area contributed by atoms with Gasteiger partial charge in [0.1, 0.15) is 18.7 Å². The Labute approximate surface area is 286 Å². The van der Waals surface area contributed by atoms with Crippen LogP contribution in [0.3, 0.4) is 0 Å². The molecule has 1 unspecified atom stereocenters. The van der Waals surface area contributed by atoms with Gasteiger partial charge in [-0.3, -0.25) is 24.9 Å². The minimum Gasteiger partial charge on any atom is -0.445 e. The summed E-state index contributed by atoms with van der Waals surface area (Å²) in [7, 11) is 0. The molecule has 49 heavy (non-hydrogen) atoms. The van der Waals surface area contributed by atoms with Crippen molar-refractivity contribution in [3.8, 4) is 0 Å². The zero-order valence-corrected chi connectivity index (χ0v) is 28.0. The van der Waals surface area contributed by atoms with Crippen molar-refractivity contribution in [2.45, 2.75) is 75.9 Å². The minimum atomic E-state index is -2.87. The number of Topliss-reactive ketones (excluding diaryl/α,β-unsaturated/α-hetero) is 1. The summed E-state index contributed by atoms with van der Waals surface area (Å²) in [6, 6.07) is 24.0. The highest BCUT2D eigenvalue weighted by molar-refractivity contribution is 6.00. The first-order valence-electron chi connectivity index (χ1n) is 16.2. The lowest BCUT2D eigenvalue weighted by atomic mass is 9.81. The summed E-state index contributed by atoms with van der Waals surface area (Å²) >= 11 is 0. The summed E-state index contributed by atoms with van der Waals surface area (Å²) in [6.45, 7) is 5.39. The molecule has 12 nitrogen and oxygen atoms in total. The van der Waals surface area contributed by atoms with Crippen LogP contribution >= 0.6 is 0 Å². The van der Waals surface area contributed by atoms with Gasteiger partial charge in [0.05, 0.1) is 12.3 Å². The predicted molar refractivity (Wildman–Crippen MR) is 182 cm³/mol. The van der Waals surface area contributed by atoms with E-state index < -0.39 is 71.2 Å². The van der Waals surface area contributed by atoms with Crippen LogP contribution in [0.25, 0.3) is 0 Å². The van der Waals surface area contributed by atoms with Crippen LogP contribution in [0.5, 0.6) is 0 Å². The van der Waals surface area contributed by atoms with Crippen LogP contribution < -0.4 is 22.1 Å². The van der Waals surface area contributed by atoms with Crippen molar-refractivity contribution in [3.63, 3.8) is 0 Å². The molecule has 0 spiro atoms. The molecule has 0 radical (unpaired) electrons. The SMILES string of the molecule is CC(C)(C)NC(=O)[C@@H]1[C@H](c2ccccc2)CCN1C(=O)C(N)(O)[C@H](Cc1ccccc1)C(=O)[C@H](CC(N)=O)NC(=O)OCc1ccccc1. The van der Waals surface area contributed by atoms with E-state index in [9.17, 15) is 29.1 Å². The topological polar surface area (TPSA) is 194 Å². The number of nitrogens with zero attached hydrogens (tertiary/aromatic N) is 1. The third kappa shape index (κ3) is 9.74. The molecule has 0 aromatic heterocycles. The van der Waals surface area contributed by atoms with Gasteiger partial charge in [0, 0.05) is 18.0 Å². The number of hydrogen-bond donors (Lipinski definition) is 5. The number of ether oxygens (including phenoxy) is 1. The largest absolute Gasteiger partial charge is 0.445 e. The lowest BCUT2D eigenvalue weighted by molar-refractivity contribution is -0.164. The molecule has 1 saturated heterocycles. The van der Waals surface area contributed by atoms with Crippen LogP contribution in [0, 0.1) is 5.92 Å². The first-order valence-corrected chi connectivity index (χ1v) is 16.2. The van der Waals surface area contributed by atoms with E-state index in [-0.39, 0.29) is 19.6 Å². The van der Waals surface area contributed by atoms with Gasteiger partial charge in [-0.25, -0.2) is 4.79 Å². The average molecular weight is 672 g/mol. The van der Waals surface area contributed by atoms with E-state index in [0.29, 0.717) is 17.5 Å². The van der Waals surface area contributed by atoms with Crippen molar-refractivity contribution in [1.29, 1.82) is 0 Å². The second-order valence-electron chi connectivity index (χ2n) is 13.4. The van der Waals surface area contributed by atoms with Crippen molar-refractivity contribution in [2.24, 2.45) is 17.4 Å². The summed E-state index contributed by atoms with van der Waals surface area (Å²) in [6.07, 6.45) is -1.50. The average Bonchev–Trinajstić information content (AvgIpc) is 3.51. The third-order valence-corrected chi connectivity index (χ3v) is 8.41. The number of carbonyl (C=O) groups excluding carboxylic acids is 5. The van der Waals surface area contributed by atoms with Gasteiger partial charge in [-0.15, -0.1) is 0 Å². The van der Waals surface area contributed by atoms with Crippen LogP contribution in [-0.4, -0.2) is 69.5 Å². The molecule has 4 rings (SSSR count). The molecule has 3 aromatic carbocycles. The van der Waals surface area contributed by atoms with Gasteiger partial charge in [-0.1, -0.05) is 91.0 Å². The number of nitrogens with two attached hydrogens (primary N) is 2. The second-order valence-corrected chi connectivity index (χ2v) is 13.4. The Morgan fingerprint density at radius 2 is 1.45 bits per heavy atom. The molecule has 1 fully saturated rings. The van der Waals surface area contributed by atoms with Crippen LogP contribution in [0.2, 0.25) is 0 Å². The maximum absolute atomic E-state index is 14.4. The Kier molecular flexibility index (Phi) is 11.9. The van der Waals surface area contributed by atoms with E-state index in [1.54, 1.807) is 60.7 Å². The number of rotatable bonds is 13. The highest BCUT2D eigenvalue weighted by Crippen LogP contribution is 2.36. The number of benzene rings is 3. The van der Waals surface area contributed by atoms with Crippen molar-refractivity contribution < 1.29 is 33.8 Å². The van der Waals surface area contributed by atoms with E-state index in [4.69, 9.17) is 16.2 Å². The van der Waals surface area contributed by atoms with E-state index in [0.717, 1.165) is 5.56 Å². The number of nitrogens with one attached hydrogen (secondary N) is 2. The number of primary amides is 1. The van der Waals surface area contributed by atoms with Gasteiger partial charge < -0.3 is 31.1 Å². The number of alkyl carbamates (subject to hydrolysis) is 1. The molecule has 7 N–H and O–H groups in total. The zero-order chi connectivity index (χ0) is 35.8. The normalized spacial score (nSPS) is 18.4. The number of aliphatic hydroxyl groups is 1. The molecule has 12 heteroatoms. The second kappa shape index (κ2) is 15.9. The first-order chi connectivity index (χ1) is 23.2. The summed E-state index contributed by atoms with van der Waals surface area (Å²) in [5.41, 5.74) is 10.5. The fourth-order valence-corrected chi connectivity index (χ4v) is 6.11. The summed E-state index contributed by atoms with van der Waals surface area (Å²) in [5, 5.41) is 17.3. The molecule has 5 atom stereocenters. The Morgan fingerprint density at radius 1 is 0.898 bits per heavy atom. The van der Waals surface area contributed by atoms with Crippen LogP contribution in [0.1, 0.15) is 56.2 Å². The fraction of sp³-hybridized carbons (Fsp3) is 0.378. The smallest absolute Gasteiger partial charge is 0.408 e. The van der Waals surface area contributed by atoms with Crippen molar-refractivity contribution in [1.82, 2.24) is 15.5 Å². The molecule has 1 aliphatic rings. The summed E-state index contributed by atoms with van der Waals surface area (Å²) in [4.78, 5) is 68.6. The Balaban J connectivity index is 1.67. The molecule has 4 amide bonds. The summed E-state index contributed by atoms with van der Waals surface area (Å²) in [5.74, 6) is -5.41. The van der Waals surface area contributed by atoms with E-state index >= 15 is 0 Å². The minimum absolute atomic E-state index is 0.0706. The molecule has 0 saturated carbocycles. The number of ketones is 1. The Bertz CT molecular complexity index is 1610.